The summed E-state index contributed by atoms with van der Waals surface area (Å²) in [5.74, 6) is -1.09. The van der Waals surface area contributed by atoms with Gasteiger partial charge in [0.15, 0.2) is 0 Å². The van der Waals surface area contributed by atoms with Crippen molar-refractivity contribution in [2.45, 2.75) is 19.3 Å². The van der Waals surface area contributed by atoms with Gasteiger partial charge in [-0.1, -0.05) is 30.3 Å². The number of carbonyl (C=O) groups is 2. The highest BCUT2D eigenvalue weighted by molar-refractivity contribution is 5.92. The normalized spacial score (nSPS) is 10.3. The Morgan fingerprint density at radius 2 is 1.67 bits per heavy atom. The van der Waals surface area contributed by atoms with Crippen molar-refractivity contribution in [1.29, 1.82) is 0 Å². The predicted octanol–water partition coefficient (Wildman–Crippen LogP) is 3.36. The van der Waals surface area contributed by atoms with Crippen molar-refractivity contribution in [2.24, 2.45) is 0 Å². The van der Waals surface area contributed by atoms with Crippen LogP contribution in [0.1, 0.15) is 28.8 Å². The summed E-state index contributed by atoms with van der Waals surface area (Å²) < 4.78 is 5.54. The number of carboxylic acid groups (broad SMARTS) is 1. The minimum absolute atomic E-state index is 0.107. The van der Waals surface area contributed by atoms with E-state index in [0.29, 0.717) is 31.7 Å². The average molecular weight is 327 g/mol. The van der Waals surface area contributed by atoms with Gasteiger partial charge >= 0.3 is 5.97 Å². The van der Waals surface area contributed by atoms with Crippen LogP contribution in [0.5, 0.6) is 0 Å². The fraction of sp³-hybridized carbons (Fsp3) is 0.263. The zero-order chi connectivity index (χ0) is 17.2. The third-order valence-electron chi connectivity index (χ3n) is 3.49. The van der Waals surface area contributed by atoms with Gasteiger partial charge in [0, 0.05) is 18.7 Å². The molecule has 2 aromatic rings. The minimum atomic E-state index is -0.986. The highest BCUT2D eigenvalue weighted by atomic mass is 16.5. The van der Waals surface area contributed by atoms with Crippen LogP contribution in [0.15, 0.2) is 54.6 Å². The van der Waals surface area contributed by atoms with E-state index in [-0.39, 0.29) is 11.5 Å². The first-order chi connectivity index (χ1) is 11.6. The lowest BCUT2D eigenvalue weighted by Crippen LogP contribution is -2.12. The number of carboxylic acids is 1. The number of anilines is 1. The van der Waals surface area contributed by atoms with Crippen LogP contribution in [0, 0.1) is 0 Å². The first kappa shape index (κ1) is 17.7. The Hall–Kier alpha value is -2.66. The molecule has 2 N–H and O–H groups in total. The lowest BCUT2D eigenvalue weighted by Gasteiger charge is -2.06. The summed E-state index contributed by atoms with van der Waals surface area (Å²) in [6.07, 6.45) is 1.88. The molecule has 0 atom stereocenters. The van der Waals surface area contributed by atoms with Crippen molar-refractivity contribution in [2.75, 3.05) is 18.5 Å². The van der Waals surface area contributed by atoms with E-state index in [4.69, 9.17) is 9.84 Å². The van der Waals surface area contributed by atoms with Crippen LogP contribution >= 0.6 is 0 Å². The molecule has 0 radical (unpaired) electrons. The van der Waals surface area contributed by atoms with E-state index in [2.05, 4.69) is 17.4 Å². The van der Waals surface area contributed by atoms with E-state index in [1.165, 1.54) is 17.7 Å². The number of amides is 1. The Kier molecular flexibility index (Phi) is 6.98. The number of benzene rings is 2. The van der Waals surface area contributed by atoms with Crippen molar-refractivity contribution in [1.82, 2.24) is 0 Å². The number of rotatable bonds is 9. The van der Waals surface area contributed by atoms with Crippen LogP contribution < -0.4 is 5.32 Å². The number of nitrogens with one attached hydrogen (secondary N) is 1. The molecular formula is C19H21NO4. The molecule has 0 unspecified atom stereocenters. The zero-order valence-corrected chi connectivity index (χ0v) is 13.4. The third kappa shape index (κ3) is 6.22. The number of hydrogen-bond donors (Lipinski definition) is 2. The lowest BCUT2D eigenvalue weighted by molar-refractivity contribution is -0.116. The van der Waals surface area contributed by atoms with Gasteiger partial charge in [0.2, 0.25) is 5.91 Å². The molecule has 5 heteroatoms. The SMILES string of the molecule is O=C(CCCOCCc1ccccc1)Nc1ccc(C(=O)O)cc1. The largest absolute Gasteiger partial charge is 0.478 e. The first-order valence-electron chi connectivity index (χ1n) is 7.90. The molecule has 0 saturated heterocycles. The molecule has 1 amide bonds. The highest BCUT2D eigenvalue weighted by Crippen LogP contribution is 2.10. The molecule has 0 aliphatic heterocycles. The summed E-state index contributed by atoms with van der Waals surface area (Å²) in [5.41, 5.74) is 2.02. The summed E-state index contributed by atoms with van der Waals surface area (Å²) in [6, 6.07) is 16.2. The minimum Gasteiger partial charge on any atom is -0.478 e. The topological polar surface area (TPSA) is 75.6 Å². The van der Waals surface area contributed by atoms with Crippen molar-refractivity contribution in [3.63, 3.8) is 0 Å². The van der Waals surface area contributed by atoms with Crippen molar-refractivity contribution in [3.05, 3.63) is 65.7 Å². The second-order valence-electron chi connectivity index (χ2n) is 5.38. The fourth-order valence-corrected chi connectivity index (χ4v) is 2.19. The van der Waals surface area contributed by atoms with Crippen molar-refractivity contribution >= 4 is 17.6 Å². The Balaban J connectivity index is 1.58. The molecule has 0 heterocycles. The van der Waals surface area contributed by atoms with Gasteiger partial charge in [0.25, 0.3) is 0 Å². The molecular weight excluding hydrogens is 306 g/mol. The van der Waals surface area contributed by atoms with Crippen molar-refractivity contribution in [3.8, 4) is 0 Å². The standard InChI is InChI=1S/C19H21NO4/c21-18(20-17-10-8-16(9-11-17)19(22)23)7-4-13-24-14-12-15-5-2-1-3-6-15/h1-3,5-6,8-11H,4,7,12-14H2,(H,20,21)(H,22,23). The van der Waals surface area contributed by atoms with Gasteiger partial charge in [0.1, 0.15) is 0 Å². The summed E-state index contributed by atoms with van der Waals surface area (Å²) in [7, 11) is 0. The zero-order valence-electron chi connectivity index (χ0n) is 13.4. The van der Waals surface area contributed by atoms with Gasteiger partial charge in [-0.15, -0.1) is 0 Å². The predicted molar refractivity (Wildman–Crippen MR) is 92.2 cm³/mol. The van der Waals surface area contributed by atoms with E-state index >= 15 is 0 Å². The van der Waals surface area contributed by atoms with Gasteiger partial charge in [-0.3, -0.25) is 4.79 Å². The van der Waals surface area contributed by atoms with Crippen LogP contribution in [-0.2, 0) is 16.0 Å². The van der Waals surface area contributed by atoms with Gasteiger partial charge in [-0.2, -0.15) is 0 Å². The van der Waals surface area contributed by atoms with E-state index in [0.717, 1.165) is 6.42 Å². The lowest BCUT2D eigenvalue weighted by atomic mass is 10.2. The van der Waals surface area contributed by atoms with Crippen LogP contribution in [0.2, 0.25) is 0 Å². The second kappa shape index (κ2) is 9.47. The summed E-state index contributed by atoms with van der Waals surface area (Å²) in [6.45, 7) is 1.18. The molecule has 5 nitrogen and oxygen atoms in total. The van der Waals surface area contributed by atoms with E-state index < -0.39 is 5.97 Å². The molecule has 0 aliphatic carbocycles. The van der Waals surface area contributed by atoms with Gasteiger partial charge in [-0.05, 0) is 42.7 Å². The maximum Gasteiger partial charge on any atom is 0.335 e. The van der Waals surface area contributed by atoms with Crippen molar-refractivity contribution < 1.29 is 19.4 Å². The second-order valence-corrected chi connectivity index (χ2v) is 5.38. The summed E-state index contributed by atoms with van der Waals surface area (Å²) >= 11 is 0. The highest BCUT2D eigenvalue weighted by Gasteiger charge is 2.05. The molecule has 0 aliphatic rings. The average Bonchev–Trinajstić information content (AvgIpc) is 2.59. The molecule has 0 saturated carbocycles. The fourth-order valence-electron chi connectivity index (χ4n) is 2.19. The summed E-state index contributed by atoms with van der Waals surface area (Å²) in [5, 5.41) is 11.6. The summed E-state index contributed by atoms with van der Waals surface area (Å²) in [4.78, 5) is 22.6. The van der Waals surface area contributed by atoms with Crippen LogP contribution in [0.4, 0.5) is 5.69 Å². The van der Waals surface area contributed by atoms with E-state index in [9.17, 15) is 9.59 Å². The van der Waals surface area contributed by atoms with Gasteiger partial charge in [0.05, 0.1) is 12.2 Å². The number of hydrogen-bond acceptors (Lipinski definition) is 3. The van der Waals surface area contributed by atoms with Crippen LogP contribution in [0.3, 0.4) is 0 Å². The number of ether oxygens (including phenoxy) is 1. The quantitative estimate of drug-likeness (QED) is 0.693. The molecule has 2 rings (SSSR count). The molecule has 0 bridgehead atoms. The maximum absolute atomic E-state index is 11.8. The maximum atomic E-state index is 11.8. The molecule has 24 heavy (non-hydrogen) atoms. The molecule has 0 aromatic heterocycles. The molecule has 0 fully saturated rings. The monoisotopic (exact) mass is 327 g/mol. The first-order valence-corrected chi connectivity index (χ1v) is 7.90. The Morgan fingerprint density at radius 3 is 2.33 bits per heavy atom. The number of aromatic carboxylic acids is 1. The Bertz CT molecular complexity index is 653. The third-order valence-corrected chi connectivity index (χ3v) is 3.49. The molecule has 0 spiro atoms. The van der Waals surface area contributed by atoms with Crippen LogP contribution in [-0.4, -0.2) is 30.2 Å². The Labute approximate surface area is 141 Å². The van der Waals surface area contributed by atoms with E-state index in [1.54, 1.807) is 12.1 Å². The van der Waals surface area contributed by atoms with Gasteiger partial charge < -0.3 is 15.2 Å². The molecule has 2 aromatic carbocycles. The Morgan fingerprint density at radius 1 is 0.958 bits per heavy atom. The smallest absolute Gasteiger partial charge is 0.335 e. The molecule has 126 valence electrons. The van der Waals surface area contributed by atoms with Crippen LogP contribution in [0.25, 0.3) is 0 Å². The van der Waals surface area contributed by atoms with E-state index in [1.807, 2.05) is 18.2 Å². The van der Waals surface area contributed by atoms with Gasteiger partial charge in [-0.25, -0.2) is 4.79 Å². The number of carbonyl (C=O) groups excluding carboxylic acids is 1.